The Bertz CT molecular complexity index is 606. The van der Waals surface area contributed by atoms with Crippen LogP contribution < -0.4 is 10.9 Å². The molecule has 0 aliphatic rings. The Kier molecular flexibility index (Phi) is 6.12. The molecule has 0 bridgehead atoms. The molecule has 0 fully saturated rings. The molecule has 21 heavy (non-hydrogen) atoms. The van der Waals surface area contributed by atoms with Gasteiger partial charge in [-0.15, -0.1) is 20.4 Å². The Balaban J connectivity index is 2.77. The molecular formula is C13H22N8. The highest BCUT2D eigenvalue weighted by atomic mass is 15.3. The Morgan fingerprint density at radius 1 is 1.29 bits per heavy atom. The molecule has 0 aliphatic carbocycles. The van der Waals surface area contributed by atoms with Crippen LogP contribution in [0.2, 0.25) is 0 Å². The van der Waals surface area contributed by atoms with Crippen LogP contribution in [-0.2, 0) is 14.1 Å². The van der Waals surface area contributed by atoms with Gasteiger partial charge in [0.2, 0.25) is 5.62 Å². The van der Waals surface area contributed by atoms with Crippen molar-refractivity contribution in [3.8, 4) is 0 Å². The zero-order valence-corrected chi connectivity index (χ0v) is 13.1. The van der Waals surface area contributed by atoms with E-state index in [4.69, 9.17) is 0 Å². The average Bonchev–Trinajstić information content (AvgIpc) is 2.78. The second kappa shape index (κ2) is 7.83. The summed E-state index contributed by atoms with van der Waals surface area (Å²) in [7, 11) is 7.44. The van der Waals surface area contributed by atoms with E-state index in [1.54, 1.807) is 24.2 Å². The van der Waals surface area contributed by atoms with E-state index in [0.29, 0.717) is 11.7 Å². The monoisotopic (exact) mass is 290 g/mol. The summed E-state index contributed by atoms with van der Waals surface area (Å²) in [6.07, 6.45) is 7.36. The molecule has 1 aromatic rings. The van der Waals surface area contributed by atoms with Gasteiger partial charge in [-0.1, -0.05) is 6.58 Å². The van der Waals surface area contributed by atoms with Crippen LogP contribution in [0.5, 0.6) is 0 Å². The fraction of sp³-hybridized carbons (Fsp3) is 0.385. The van der Waals surface area contributed by atoms with E-state index in [2.05, 4.69) is 32.3 Å². The Labute approximate surface area is 124 Å². The van der Waals surface area contributed by atoms with E-state index in [1.165, 1.54) is 0 Å². The summed E-state index contributed by atoms with van der Waals surface area (Å²) in [6.45, 7) is 5.54. The molecule has 0 saturated heterocycles. The van der Waals surface area contributed by atoms with Gasteiger partial charge in [0.05, 0.1) is 0 Å². The third-order valence-corrected chi connectivity index (χ3v) is 2.61. The van der Waals surface area contributed by atoms with Gasteiger partial charge in [0.25, 0.3) is 0 Å². The quantitative estimate of drug-likeness (QED) is 0.382. The predicted molar refractivity (Wildman–Crippen MR) is 83.0 cm³/mol. The highest BCUT2D eigenvalue weighted by molar-refractivity contribution is 5.79. The van der Waals surface area contributed by atoms with E-state index in [9.17, 15) is 0 Å². The highest BCUT2D eigenvalue weighted by Gasteiger charge is 1.96. The molecule has 0 saturated carbocycles. The summed E-state index contributed by atoms with van der Waals surface area (Å²) in [5, 5.41) is 19.0. The highest BCUT2D eigenvalue weighted by Crippen LogP contribution is 2.01. The third kappa shape index (κ3) is 5.09. The van der Waals surface area contributed by atoms with E-state index in [-0.39, 0.29) is 0 Å². The first-order valence-electron chi connectivity index (χ1n) is 6.39. The predicted octanol–water partition coefficient (Wildman–Crippen LogP) is 1.14. The summed E-state index contributed by atoms with van der Waals surface area (Å²) in [6, 6.07) is 0. The molecule has 0 radical (unpaired) electrons. The lowest BCUT2D eigenvalue weighted by Crippen LogP contribution is -2.21. The van der Waals surface area contributed by atoms with Gasteiger partial charge >= 0.3 is 0 Å². The van der Waals surface area contributed by atoms with Crippen molar-refractivity contribution in [2.24, 2.45) is 34.5 Å². The minimum atomic E-state index is 0.448. The van der Waals surface area contributed by atoms with Crippen LogP contribution in [0.4, 0.5) is 0 Å². The van der Waals surface area contributed by atoms with Gasteiger partial charge in [0, 0.05) is 53.0 Å². The van der Waals surface area contributed by atoms with Crippen LogP contribution in [-0.4, -0.2) is 34.0 Å². The molecule has 8 nitrogen and oxygen atoms in total. The molecule has 1 rings (SSSR count). The van der Waals surface area contributed by atoms with Crippen LogP contribution >= 0.6 is 0 Å². The van der Waals surface area contributed by atoms with Crippen LogP contribution in [0.15, 0.2) is 57.6 Å². The van der Waals surface area contributed by atoms with Crippen molar-refractivity contribution in [3.05, 3.63) is 42.8 Å². The molecule has 0 spiro atoms. The number of imidazole rings is 1. The van der Waals surface area contributed by atoms with Gasteiger partial charge in [-0.2, -0.15) is 0 Å². The third-order valence-electron chi connectivity index (χ3n) is 2.61. The number of amidine groups is 1. The van der Waals surface area contributed by atoms with Crippen LogP contribution in [0.1, 0.15) is 6.92 Å². The van der Waals surface area contributed by atoms with Gasteiger partial charge in [-0.25, -0.2) is 0 Å². The van der Waals surface area contributed by atoms with Crippen molar-refractivity contribution in [1.82, 2.24) is 19.4 Å². The van der Waals surface area contributed by atoms with Crippen LogP contribution in [0.25, 0.3) is 0 Å². The normalized spacial score (nSPS) is 12.1. The maximum absolute atomic E-state index is 4.13. The molecule has 1 aromatic heterocycles. The van der Waals surface area contributed by atoms with Gasteiger partial charge < -0.3 is 19.4 Å². The molecule has 8 heteroatoms. The second-order valence-electron chi connectivity index (χ2n) is 4.40. The van der Waals surface area contributed by atoms with E-state index >= 15 is 0 Å². The maximum Gasteiger partial charge on any atom is 0.229 e. The van der Waals surface area contributed by atoms with Crippen LogP contribution in [0, 0.1) is 0 Å². The van der Waals surface area contributed by atoms with Crippen molar-refractivity contribution in [1.29, 1.82) is 0 Å². The molecule has 1 heterocycles. The van der Waals surface area contributed by atoms with Gasteiger partial charge in [-0.3, -0.25) is 0 Å². The number of nitrogens with zero attached hydrogens (tertiary/aromatic N) is 7. The molecule has 0 unspecified atom stereocenters. The lowest BCUT2D eigenvalue weighted by Gasteiger charge is -2.10. The van der Waals surface area contributed by atoms with Crippen molar-refractivity contribution >= 4 is 5.84 Å². The van der Waals surface area contributed by atoms with E-state index in [0.717, 1.165) is 5.62 Å². The molecule has 0 aliphatic heterocycles. The van der Waals surface area contributed by atoms with Gasteiger partial charge in [0.1, 0.15) is 5.82 Å². The van der Waals surface area contributed by atoms with Crippen molar-refractivity contribution < 1.29 is 0 Å². The SMILES string of the molecule is C=C(/N=N/C(C)=N/N=c1n(C)ccn1C)N(C)/C=C\NC. The van der Waals surface area contributed by atoms with Crippen molar-refractivity contribution in [2.45, 2.75) is 6.92 Å². The first kappa shape index (κ1) is 16.4. The summed E-state index contributed by atoms with van der Waals surface area (Å²) in [4.78, 5) is 1.74. The molecule has 114 valence electrons. The first-order valence-corrected chi connectivity index (χ1v) is 6.39. The summed E-state index contributed by atoms with van der Waals surface area (Å²) < 4.78 is 3.73. The smallest absolute Gasteiger partial charge is 0.229 e. The number of aryl methyl sites for hydroxylation is 2. The summed E-state index contributed by atoms with van der Waals surface area (Å²) in [5.41, 5.74) is 0.720. The molecule has 0 amide bonds. The fourth-order valence-electron chi connectivity index (χ4n) is 1.33. The summed E-state index contributed by atoms with van der Waals surface area (Å²) in [5.74, 6) is 0.948. The molecule has 0 aromatic carbocycles. The van der Waals surface area contributed by atoms with E-state index < -0.39 is 0 Å². The standard InChI is InChI=1S/C13H22N8/c1-11(15-17-12(2)19(4)8-7-14-3)16-18-13-20(5)9-10-21(13)6/h7-10,14H,2H2,1,3-6H3/b8-7-,16-11+,17-15+. The first-order chi connectivity index (χ1) is 9.95. The minimum absolute atomic E-state index is 0.448. The fourth-order valence-corrected chi connectivity index (χ4v) is 1.33. The number of rotatable bonds is 5. The average molecular weight is 290 g/mol. The molecular weight excluding hydrogens is 268 g/mol. The lowest BCUT2D eigenvalue weighted by molar-refractivity contribution is 0.553. The Morgan fingerprint density at radius 2 is 1.90 bits per heavy atom. The molecule has 1 N–H and O–H groups in total. The second-order valence-corrected chi connectivity index (χ2v) is 4.40. The number of aromatic nitrogens is 2. The number of hydrogen-bond acceptors (Lipinski definition) is 5. The zero-order valence-electron chi connectivity index (χ0n) is 13.1. The van der Waals surface area contributed by atoms with Gasteiger partial charge in [-0.05, 0) is 6.92 Å². The zero-order chi connectivity index (χ0) is 15.8. The lowest BCUT2D eigenvalue weighted by atomic mass is 10.6. The minimum Gasteiger partial charge on any atom is -0.393 e. The molecule has 0 atom stereocenters. The largest absolute Gasteiger partial charge is 0.393 e. The Hall–Kier alpha value is -2.64. The number of azo groups is 1. The maximum atomic E-state index is 4.13. The van der Waals surface area contributed by atoms with Crippen molar-refractivity contribution in [2.75, 3.05) is 14.1 Å². The topological polar surface area (TPSA) is 74.6 Å². The summed E-state index contributed by atoms with van der Waals surface area (Å²) >= 11 is 0. The Morgan fingerprint density at radius 3 is 2.48 bits per heavy atom. The number of nitrogens with one attached hydrogen (secondary N) is 1. The van der Waals surface area contributed by atoms with Gasteiger partial charge in [0.15, 0.2) is 5.84 Å². The van der Waals surface area contributed by atoms with Crippen LogP contribution in [0.3, 0.4) is 0 Å². The van der Waals surface area contributed by atoms with E-state index in [1.807, 2.05) is 49.7 Å². The van der Waals surface area contributed by atoms with Crippen molar-refractivity contribution in [3.63, 3.8) is 0 Å². The number of hydrogen-bond donors (Lipinski definition) is 1.